The lowest BCUT2D eigenvalue weighted by molar-refractivity contribution is -0.139. The minimum Gasteiger partial charge on any atom is -0.479 e. The summed E-state index contributed by atoms with van der Waals surface area (Å²) in [6.07, 6.45) is 13.7. The number of rotatable bonds is 10. The van der Waals surface area contributed by atoms with Crippen molar-refractivity contribution < 1.29 is 14.6 Å². The molecule has 0 bridgehead atoms. The van der Waals surface area contributed by atoms with Gasteiger partial charge in [0.05, 0.1) is 29.1 Å². The van der Waals surface area contributed by atoms with E-state index >= 15 is 0 Å². The Bertz CT molecular complexity index is 2140. The summed E-state index contributed by atoms with van der Waals surface area (Å²) in [7, 11) is 4.07. The lowest BCUT2D eigenvalue weighted by Crippen LogP contribution is -2.11. The number of imidazole rings is 1. The molecule has 9 rings (SSSR count). The highest BCUT2D eigenvalue weighted by atomic mass is 16.5. The SMILES string of the molecule is Cn1cc2cc(-c3nc(-c4cccc5nn(-c6cn(C7CC7)nc6OCC(=O)O)cc45)c(CC4CC4)n3C)c(C3CC3)nc2n1. The summed E-state index contributed by atoms with van der Waals surface area (Å²) in [6, 6.07) is 8.67. The van der Waals surface area contributed by atoms with Gasteiger partial charge >= 0.3 is 5.97 Å². The molecule has 1 N–H and O–H groups in total. The van der Waals surface area contributed by atoms with E-state index in [0.717, 1.165) is 82.4 Å². The van der Waals surface area contributed by atoms with E-state index in [2.05, 4.69) is 33.9 Å². The third kappa shape index (κ3) is 4.66. The van der Waals surface area contributed by atoms with Crippen LogP contribution in [0.15, 0.2) is 42.9 Å². The van der Waals surface area contributed by atoms with E-state index < -0.39 is 12.6 Å². The van der Waals surface area contributed by atoms with Gasteiger partial charge in [0.25, 0.3) is 5.88 Å². The Kier molecular flexibility index (Phi) is 5.72. The van der Waals surface area contributed by atoms with Gasteiger partial charge in [-0.25, -0.2) is 19.4 Å². The summed E-state index contributed by atoms with van der Waals surface area (Å²) in [5, 5.41) is 25.3. The average molecular weight is 604 g/mol. The number of carboxylic acid groups (broad SMARTS) is 1. The van der Waals surface area contributed by atoms with Gasteiger partial charge in [0.2, 0.25) is 0 Å². The molecule has 6 aromatic rings. The fourth-order valence-electron chi connectivity index (χ4n) is 6.41. The van der Waals surface area contributed by atoms with Crippen LogP contribution in [0.4, 0.5) is 0 Å². The van der Waals surface area contributed by atoms with E-state index in [9.17, 15) is 9.90 Å². The van der Waals surface area contributed by atoms with Gasteiger partial charge in [-0.2, -0.15) is 10.2 Å². The van der Waals surface area contributed by atoms with Gasteiger partial charge in [0.15, 0.2) is 12.3 Å². The lowest BCUT2D eigenvalue weighted by Gasteiger charge is -2.10. The lowest BCUT2D eigenvalue weighted by atomic mass is 10.0. The molecule has 1 aromatic carbocycles. The number of aliphatic carboxylic acids is 1. The molecule has 3 fully saturated rings. The standard InChI is InChI=1S/C33H33N9O3/c1-39-14-20-13-23(29(19-8-9-19)34-31(20)37-39)32-35-30(26(40(32)2)12-18-6-7-18)22-4-3-5-25-24(22)15-42(36-25)27-16-41(21-10-11-21)38-33(27)45-17-28(43)44/h3-5,13-16,18-19,21H,6-12,17H2,1-2H3,(H,43,44). The summed E-state index contributed by atoms with van der Waals surface area (Å²) in [5.74, 6) is 1.25. The van der Waals surface area contributed by atoms with Crippen molar-refractivity contribution in [1.29, 1.82) is 0 Å². The summed E-state index contributed by atoms with van der Waals surface area (Å²) < 4.78 is 13.3. The topological polar surface area (TPSA) is 131 Å². The monoisotopic (exact) mass is 603 g/mol. The molecule has 0 saturated heterocycles. The van der Waals surface area contributed by atoms with Crippen molar-refractivity contribution in [2.24, 2.45) is 20.0 Å². The predicted octanol–water partition coefficient (Wildman–Crippen LogP) is 5.20. The zero-order chi connectivity index (χ0) is 30.4. The van der Waals surface area contributed by atoms with E-state index in [1.54, 1.807) is 4.68 Å². The number of carbonyl (C=O) groups is 1. The van der Waals surface area contributed by atoms with Crippen LogP contribution in [-0.2, 0) is 25.3 Å². The number of benzene rings is 1. The van der Waals surface area contributed by atoms with Crippen LogP contribution in [0, 0.1) is 5.92 Å². The number of aromatic nitrogens is 9. The quantitative estimate of drug-likeness (QED) is 0.226. The predicted molar refractivity (Wildman–Crippen MR) is 166 cm³/mol. The van der Waals surface area contributed by atoms with Crippen LogP contribution >= 0.6 is 0 Å². The Balaban J connectivity index is 1.19. The number of pyridine rings is 1. The first-order chi connectivity index (χ1) is 21.9. The molecule has 0 aliphatic heterocycles. The third-order valence-corrected chi connectivity index (χ3v) is 9.22. The molecule has 0 radical (unpaired) electrons. The number of nitrogens with zero attached hydrogens (tertiary/aromatic N) is 9. The zero-order valence-corrected chi connectivity index (χ0v) is 25.2. The molecular weight excluding hydrogens is 570 g/mol. The van der Waals surface area contributed by atoms with Crippen molar-refractivity contribution in [1.82, 2.24) is 43.9 Å². The summed E-state index contributed by atoms with van der Waals surface area (Å²) in [6.45, 7) is -0.468. The van der Waals surface area contributed by atoms with Crippen molar-refractivity contribution >= 4 is 27.9 Å². The highest BCUT2D eigenvalue weighted by molar-refractivity contribution is 5.95. The van der Waals surface area contributed by atoms with Gasteiger partial charge in [0, 0.05) is 60.0 Å². The smallest absolute Gasteiger partial charge is 0.341 e. The van der Waals surface area contributed by atoms with E-state index in [1.807, 2.05) is 47.1 Å². The van der Waals surface area contributed by atoms with E-state index in [-0.39, 0.29) is 5.88 Å². The fraction of sp³-hybridized carbons (Fsp3) is 0.394. The second-order valence-electron chi connectivity index (χ2n) is 12.9. The zero-order valence-electron chi connectivity index (χ0n) is 25.2. The summed E-state index contributed by atoms with van der Waals surface area (Å²) >= 11 is 0. The molecule has 45 heavy (non-hydrogen) atoms. The molecule has 12 heteroatoms. The van der Waals surface area contributed by atoms with Gasteiger partial charge in [-0.1, -0.05) is 12.1 Å². The first kappa shape index (κ1) is 26.4. The molecule has 0 atom stereocenters. The molecule has 5 aromatic heterocycles. The maximum Gasteiger partial charge on any atom is 0.341 e. The number of hydrogen-bond donors (Lipinski definition) is 1. The second kappa shape index (κ2) is 9.75. The maximum absolute atomic E-state index is 11.3. The van der Waals surface area contributed by atoms with Crippen LogP contribution in [0.2, 0.25) is 0 Å². The molecule has 3 aliphatic rings. The number of aryl methyl sites for hydroxylation is 1. The minimum absolute atomic E-state index is 0.263. The number of ether oxygens (including phenoxy) is 1. The van der Waals surface area contributed by atoms with E-state index in [1.165, 1.54) is 18.5 Å². The molecule has 0 amide bonds. The van der Waals surface area contributed by atoms with Gasteiger partial charge in [-0.3, -0.25) is 9.36 Å². The molecule has 12 nitrogen and oxygen atoms in total. The van der Waals surface area contributed by atoms with Crippen LogP contribution < -0.4 is 4.74 Å². The summed E-state index contributed by atoms with van der Waals surface area (Å²) in [5.41, 5.74) is 7.59. The van der Waals surface area contributed by atoms with Crippen molar-refractivity contribution in [2.75, 3.05) is 6.61 Å². The normalized spacial score (nSPS) is 16.7. The highest BCUT2D eigenvalue weighted by Gasteiger charge is 2.33. The number of hydrogen-bond acceptors (Lipinski definition) is 7. The fourth-order valence-corrected chi connectivity index (χ4v) is 6.41. The van der Waals surface area contributed by atoms with Gasteiger partial charge in [0.1, 0.15) is 11.5 Å². The van der Waals surface area contributed by atoms with Crippen LogP contribution in [-0.4, -0.2) is 61.6 Å². The van der Waals surface area contributed by atoms with Crippen LogP contribution in [0.1, 0.15) is 61.9 Å². The molecule has 5 heterocycles. The highest BCUT2D eigenvalue weighted by Crippen LogP contribution is 2.46. The van der Waals surface area contributed by atoms with Crippen LogP contribution in [0.25, 0.3) is 50.3 Å². The third-order valence-electron chi connectivity index (χ3n) is 9.22. The van der Waals surface area contributed by atoms with E-state index in [0.29, 0.717) is 23.6 Å². The van der Waals surface area contributed by atoms with Crippen molar-refractivity contribution in [3.05, 3.63) is 54.2 Å². The molecule has 3 aliphatic carbocycles. The van der Waals surface area contributed by atoms with E-state index in [4.69, 9.17) is 19.8 Å². The maximum atomic E-state index is 11.3. The Morgan fingerprint density at radius 1 is 0.978 bits per heavy atom. The van der Waals surface area contributed by atoms with Crippen LogP contribution in [0.5, 0.6) is 5.88 Å². The van der Waals surface area contributed by atoms with Gasteiger partial charge in [-0.15, -0.1) is 5.10 Å². The Morgan fingerprint density at radius 2 is 1.82 bits per heavy atom. The Hall–Kier alpha value is -5.00. The van der Waals surface area contributed by atoms with Crippen molar-refractivity contribution in [3.8, 4) is 34.2 Å². The largest absolute Gasteiger partial charge is 0.479 e. The minimum atomic E-state index is -1.05. The first-order valence-electron chi connectivity index (χ1n) is 15.7. The number of fused-ring (bicyclic) bond motifs is 2. The molecule has 0 spiro atoms. The Labute approximate surface area is 258 Å². The molecule has 3 saturated carbocycles. The van der Waals surface area contributed by atoms with Crippen LogP contribution in [0.3, 0.4) is 0 Å². The molecule has 228 valence electrons. The van der Waals surface area contributed by atoms with Gasteiger partial charge in [-0.05, 0) is 63.0 Å². The first-order valence-corrected chi connectivity index (χ1v) is 15.7. The molecule has 0 unspecified atom stereocenters. The molecular formula is C33H33N9O3. The van der Waals surface area contributed by atoms with Crippen molar-refractivity contribution in [2.45, 2.75) is 56.9 Å². The number of carboxylic acids is 1. The Morgan fingerprint density at radius 3 is 2.58 bits per heavy atom. The van der Waals surface area contributed by atoms with Crippen molar-refractivity contribution in [3.63, 3.8) is 0 Å². The van der Waals surface area contributed by atoms with Gasteiger partial charge < -0.3 is 14.4 Å². The summed E-state index contributed by atoms with van der Waals surface area (Å²) in [4.78, 5) is 21.7. The second-order valence-corrected chi connectivity index (χ2v) is 12.9. The average Bonchev–Trinajstić information content (AvgIpc) is 3.97.